The van der Waals surface area contributed by atoms with Gasteiger partial charge in [0.1, 0.15) is 5.82 Å². The van der Waals surface area contributed by atoms with Crippen molar-refractivity contribution < 1.29 is 4.79 Å². The van der Waals surface area contributed by atoms with Crippen LogP contribution in [0.5, 0.6) is 0 Å². The summed E-state index contributed by atoms with van der Waals surface area (Å²) in [5.41, 5.74) is 6.06. The fraction of sp³-hybridized carbons (Fsp3) is 0.231. The van der Waals surface area contributed by atoms with E-state index in [1.165, 1.54) is 0 Å². The van der Waals surface area contributed by atoms with Crippen molar-refractivity contribution in [2.75, 3.05) is 0 Å². The molecule has 2 aromatic heterocycles. The number of hydrogen-bond acceptors (Lipinski definition) is 4. The first-order valence-electron chi connectivity index (χ1n) is 10.9. The van der Waals surface area contributed by atoms with E-state index in [0.29, 0.717) is 5.56 Å². The van der Waals surface area contributed by atoms with E-state index < -0.39 is 0 Å². The van der Waals surface area contributed by atoms with Gasteiger partial charge in [-0.2, -0.15) is 5.10 Å². The molecule has 2 aromatic carbocycles. The zero-order valence-corrected chi connectivity index (χ0v) is 18.0. The number of benzene rings is 2. The van der Waals surface area contributed by atoms with Crippen LogP contribution in [0.2, 0.25) is 0 Å². The van der Waals surface area contributed by atoms with E-state index in [1.54, 1.807) is 6.20 Å². The summed E-state index contributed by atoms with van der Waals surface area (Å²) in [7, 11) is 0. The van der Waals surface area contributed by atoms with Crippen LogP contribution in [0.1, 0.15) is 39.4 Å². The number of rotatable bonds is 5. The molecule has 6 nitrogen and oxygen atoms in total. The summed E-state index contributed by atoms with van der Waals surface area (Å²) in [6.07, 6.45) is 8.15. The minimum absolute atomic E-state index is 0.0392. The van der Waals surface area contributed by atoms with Crippen molar-refractivity contribution in [2.45, 2.75) is 38.8 Å². The van der Waals surface area contributed by atoms with Crippen LogP contribution < -0.4 is 5.32 Å². The van der Waals surface area contributed by atoms with Crippen molar-refractivity contribution in [1.29, 1.82) is 0 Å². The predicted molar refractivity (Wildman–Crippen MR) is 123 cm³/mol. The first kappa shape index (κ1) is 20.1. The Labute approximate surface area is 187 Å². The second-order valence-corrected chi connectivity index (χ2v) is 8.25. The van der Waals surface area contributed by atoms with Gasteiger partial charge in [0, 0.05) is 35.9 Å². The zero-order chi connectivity index (χ0) is 21.9. The van der Waals surface area contributed by atoms with Crippen LogP contribution in [0.15, 0.2) is 73.2 Å². The zero-order valence-electron chi connectivity index (χ0n) is 18.0. The van der Waals surface area contributed by atoms with Crippen molar-refractivity contribution in [1.82, 2.24) is 25.1 Å². The molecule has 0 radical (unpaired) electrons. The summed E-state index contributed by atoms with van der Waals surface area (Å²) in [5, 5.41) is 7.49. The lowest BCUT2D eigenvalue weighted by molar-refractivity contribution is 0.0934. The maximum absolute atomic E-state index is 13.2. The van der Waals surface area contributed by atoms with Crippen molar-refractivity contribution in [3.05, 3.63) is 101 Å². The molecule has 1 N–H and O–H groups in total. The van der Waals surface area contributed by atoms with Gasteiger partial charge in [-0.1, -0.05) is 42.5 Å². The van der Waals surface area contributed by atoms with Gasteiger partial charge in [0.2, 0.25) is 0 Å². The largest absolute Gasteiger partial charge is 0.349 e. The average Bonchev–Trinajstić information content (AvgIpc) is 3.33. The smallest absolute Gasteiger partial charge is 0.252 e. The molecule has 2 heterocycles. The highest BCUT2D eigenvalue weighted by Gasteiger charge is 2.23. The molecule has 5 rings (SSSR count). The van der Waals surface area contributed by atoms with E-state index in [0.717, 1.165) is 59.6 Å². The number of aromatic nitrogens is 4. The molecule has 32 heavy (non-hydrogen) atoms. The SMILES string of the molecule is Cc1ncc2c(n1)CCC(NC(=O)c1ccccc1-c1ccc(Cn3cccn3)cc1)C2. The van der Waals surface area contributed by atoms with Crippen LogP contribution in [-0.4, -0.2) is 31.7 Å². The van der Waals surface area contributed by atoms with Gasteiger partial charge in [0.25, 0.3) is 5.91 Å². The Balaban J connectivity index is 1.32. The van der Waals surface area contributed by atoms with E-state index in [9.17, 15) is 4.79 Å². The van der Waals surface area contributed by atoms with Gasteiger partial charge >= 0.3 is 0 Å². The monoisotopic (exact) mass is 423 g/mol. The van der Waals surface area contributed by atoms with Crippen LogP contribution in [-0.2, 0) is 19.4 Å². The third-order valence-corrected chi connectivity index (χ3v) is 5.95. The molecule has 0 fully saturated rings. The number of carbonyl (C=O) groups is 1. The number of nitrogens with one attached hydrogen (secondary N) is 1. The highest BCUT2D eigenvalue weighted by molar-refractivity contribution is 6.01. The first-order chi connectivity index (χ1) is 15.7. The van der Waals surface area contributed by atoms with Crippen LogP contribution in [0.3, 0.4) is 0 Å². The van der Waals surface area contributed by atoms with Gasteiger partial charge in [-0.3, -0.25) is 9.48 Å². The minimum Gasteiger partial charge on any atom is -0.349 e. The van der Waals surface area contributed by atoms with Crippen LogP contribution >= 0.6 is 0 Å². The lowest BCUT2D eigenvalue weighted by Gasteiger charge is -2.25. The van der Waals surface area contributed by atoms with E-state index in [-0.39, 0.29) is 11.9 Å². The Morgan fingerprint density at radius 2 is 1.97 bits per heavy atom. The minimum atomic E-state index is -0.0392. The topological polar surface area (TPSA) is 72.7 Å². The molecular formula is C26H25N5O. The molecule has 1 atom stereocenters. The third kappa shape index (κ3) is 4.30. The molecule has 0 bridgehead atoms. The Kier molecular flexibility index (Phi) is 5.50. The molecular weight excluding hydrogens is 398 g/mol. The van der Waals surface area contributed by atoms with Crippen LogP contribution in [0.25, 0.3) is 11.1 Å². The Hall–Kier alpha value is -3.80. The number of carbonyl (C=O) groups excluding carboxylic acids is 1. The summed E-state index contributed by atoms with van der Waals surface area (Å²) in [4.78, 5) is 22.1. The normalized spacial score (nSPS) is 15.2. The van der Waals surface area contributed by atoms with Crippen molar-refractivity contribution >= 4 is 5.91 Å². The van der Waals surface area contributed by atoms with Crippen LogP contribution in [0, 0.1) is 6.92 Å². The summed E-state index contributed by atoms with van der Waals surface area (Å²) in [6, 6.07) is 18.1. The maximum atomic E-state index is 13.2. The van der Waals surface area contributed by atoms with Crippen molar-refractivity contribution in [2.24, 2.45) is 0 Å². The summed E-state index contributed by atoms with van der Waals surface area (Å²) < 4.78 is 1.89. The highest BCUT2D eigenvalue weighted by atomic mass is 16.1. The maximum Gasteiger partial charge on any atom is 0.252 e. The van der Waals surface area contributed by atoms with Crippen molar-refractivity contribution in [3.63, 3.8) is 0 Å². The second kappa shape index (κ2) is 8.75. The molecule has 1 amide bonds. The molecule has 0 saturated carbocycles. The Morgan fingerprint density at radius 3 is 2.78 bits per heavy atom. The molecule has 0 spiro atoms. The second-order valence-electron chi connectivity index (χ2n) is 8.25. The molecule has 160 valence electrons. The molecule has 4 aromatic rings. The lowest BCUT2D eigenvalue weighted by Crippen LogP contribution is -2.39. The van der Waals surface area contributed by atoms with Crippen LogP contribution in [0.4, 0.5) is 0 Å². The number of fused-ring (bicyclic) bond motifs is 1. The number of nitrogens with zero attached hydrogens (tertiary/aromatic N) is 4. The van der Waals surface area contributed by atoms with Gasteiger partial charge in [-0.15, -0.1) is 0 Å². The van der Waals surface area contributed by atoms with E-state index in [2.05, 4.69) is 44.6 Å². The first-order valence-corrected chi connectivity index (χ1v) is 10.9. The van der Waals surface area contributed by atoms with Crippen molar-refractivity contribution in [3.8, 4) is 11.1 Å². The summed E-state index contributed by atoms with van der Waals surface area (Å²) in [5.74, 6) is 0.763. The molecule has 1 aliphatic rings. The van der Waals surface area contributed by atoms with Gasteiger partial charge < -0.3 is 5.32 Å². The number of hydrogen-bond donors (Lipinski definition) is 1. The highest BCUT2D eigenvalue weighted by Crippen LogP contribution is 2.25. The quantitative estimate of drug-likeness (QED) is 0.527. The van der Waals surface area contributed by atoms with Gasteiger partial charge in [-0.25, -0.2) is 9.97 Å². The Morgan fingerprint density at radius 1 is 1.12 bits per heavy atom. The fourth-order valence-electron chi connectivity index (χ4n) is 4.30. The average molecular weight is 424 g/mol. The Bertz CT molecular complexity index is 1230. The van der Waals surface area contributed by atoms with E-state index >= 15 is 0 Å². The molecule has 0 saturated heterocycles. The fourth-order valence-corrected chi connectivity index (χ4v) is 4.30. The van der Waals surface area contributed by atoms with E-state index in [1.807, 2.05) is 54.3 Å². The van der Waals surface area contributed by atoms with Gasteiger partial charge in [0.05, 0.1) is 6.54 Å². The summed E-state index contributed by atoms with van der Waals surface area (Å²) in [6.45, 7) is 2.64. The molecule has 0 aliphatic heterocycles. The summed E-state index contributed by atoms with van der Waals surface area (Å²) >= 11 is 0. The third-order valence-electron chi connectivity index (χ3n) is 5.95. The van der Waals surface area contributed by atoms with E-state index in [4.69, 9.17) is 0 Å². The predicted octanol–water partition coefficient (Wildman–Crippen LogP) is 3.98. The lowest BCUT2D eigenvalue weighted by atomic mass is 9.92. The van der Waals surface area contributed by atoms with Gasteiger partial charge in [-0.05, 0) is 60.6 Å². The standard InChI is InChI=1S/C26H25N5O/c1-18-27-16-21-15-22(11-12-25(21)29-18)30-26(32)24-6-3-2-5-23(24)20-9-7-19(8-10-20)17-31-14-4-13-28-31/h2-10,13-14,16,22H,11-12,15,17H2,1H3,(H,30,32). The molecule has 1 unspecified atom stereocenters. The van der Waals surface area contributed by atoms with Gasteiger partial charge in [0.15, 0.2) is 0 Å². The number of aryl methyl sites for hydroxylation is 2. The molecule has 6 heteroatoms. The molecule has 1 aliphatic carbocycles. The number of amides is 1.